The summed E-state index contributed by atoms with van der Waals surface area (Å²) in [6, 6.07) is 10.5. The van der Waals surface area contributed by atoms with Crippen molar-refractivity contribution in [2.45, 2.75) is 31.8 Å². The fourth-order valence-corrected chi connectivity index (χ4v) is 3.56. The van der Waals surface area contributed by atoms with Crippen molar-refractivity contribution in [2.24, 2.45) is 5.73 Å². The first kappa shape index (κ1) is 16.4. The van der Waals surface area contributed by atoms with E-state index < -0.39 is 0 Å². The van der Waals surface area contributed by atoms with E-state index in [1.54, 1.807) is 6.33 Å². The molecule has 0 radical (unpaired) electrons. The molecule has 0 aliphatic carbocycles. The zero-order valence-electron chi connectivity index (χ0n) is 14.1. The first-order valence-electron chi connectivity index (χ1n) is 8.75. The SMILES string of the molecule is NC1CCN(c2ncnc3c2ccn3CCc2ccc(Cl)cc2)CC1. The topological polar surface area (TPSA) is 60.0 Å². The predicted molar refractivity (Wildman–Crippen MR) is 102 cm³/mol. The molecule has 1 aliphatic rings. The van der Waals surface area contributed by atoms with E-state index in [1.165, 1.54) is 5.56 Å². The number of aromatic nitrogens is 3. The number of nitrogens with zero attached hydrogens (tertiary/aromatic N) is 4. The number of fused-ring (bicyclic) bond motifs is 1. The van der Waals surface area contributed by atoms with Crippen LogP contribution in [-0.2, 0) is 13.0 Å². The molecule has 0 unspecified atom stereocenters. The smallest absolute Gasteiger partial charge is 0.145 e. The third kappa shape index (κ3) is 3.48. The van der Waals surface area contributed by atoms with Crippen molar-refractivity contribution in [3.8, 4) is 0 Å². The molecule has 5 nitrogen and oxygen atoms in total. The van der Waals surface area contributed by atoms with Gasteiger partial charge in [0.1, 0.15) is 17.8 Å². The standard InChI is InChI=1S/C19H22ClN5/c20-15-3-1-14(2-4-15)5-9-24-12-8-17-18(24)22-13-23-19(17)25-10-6-16(21)7-11-25/h1-4,8,12-13,16H,5-7,9-11,21H2. The molecule has 2 N–H and O–H groups in total. The zero-order valence-corrected chi connectivity index (χ0v) is 14.9. The summed E-state index contributed by atoms with van der Waals surface area (Å²) < 4.78 is 2.20. The highest BCUT2D eigenvalue weighted by Gasteiger charge is 2.20. The number of hydrogen-bond acceptors (Lipinski definition) is 4. The van der Waals surface area contributed by atoms with Crippen LogP contribution in [0.15, 0.2) is 42.9 Å². The van der Waals surface area contributed by atoms with Gasteiger partial charge in [-0.15, -0.1) is 0 Å². The van der Waals surface area contributed by atoms with Crippen LogP contribution in [0.3, 0.4) is 0 Å². The molecule has 1 aliphatic heterocycles. The Morgan fingerprint density at radius 2 is 1.84 bits per heavy atom. The summed E-state index contributed by atoms with van der Waals surface area (Å²) in [5.74, 6) is 1.03. The second-order valence-electron chi connectivity index (χ2n) is 6.64. The van der Waals surface area contributed by atoms with E-state index in [4.69, 9.17) is 17.3 Å². The van der Waals surface area contributed by atoms with Crippen molar-refractivity contribution in [3.63, 3.8) is 0 Å². The summed E-state index contributed by atoms with van der Waals surface area (Å²) in [6.07, 6.45) is 6.75. The van der Waals surface area contributed by atoms with Crippen molar-refractivity contribution < 1.29 is 0 Å². The average molecular weight is 356 g/mol. The molecular formula is C19H22ClN5. The molecule has 4 rings (SSSR count). The normalized spacial score (nSPS) is 15.8. The second-order valence-corrected chi connectivity index (χ2v) is 7.08. The number of nitrogens with two attached hydrogens (primary N) is 1. The second kappa shape index (κ2) is 7.02. The van der Waals surface area contributed by atoms with Crippen molar-refractivity contribution in [1.82, 2.24) is 14.5 Å². The van der Waals surface area contributed by atoms with Gasteiger partial charge in [-0.05, 0) is 43.0 Å². The molecule has 0 bridgehead atoms. The fourth-order valence-electron chi connectivity index (χ4n) is 3.43. The van der Waals surface area contributed by atoms with Gasteiger partial charge in [-0.25, -0.2) is 9.97 Å². The fraction of sp³-hybridized carbons (Fsp3) is 0.368. The number of benzene rings is 1. The van der Waals surface area contributed by atoms with E-state index in [0.29, 0.717) is 6.04 Å². The molecule has 3 aromatic rings. The highest BCUT2D eigenvalue weighted by atomic mass is 35.5. The lowest BCUT2D eigenvalue weighted by Gasteiger charge is -2.31. The van der Waals surface area contributed by atoms with Crippen molar-refractivity contribution in [2.75, 3.05) is 18.0 Å². The van der Waals surface area contributed by atoms with Crippen LogP contribution < -0.4 is 10.6 Å². The van der Waals surface area contributed by atoms with E-state index >= 15 is 0 Å². The lowest BCUT2D eigenvalue weighted by Crippen LogP contribution is -2.40. The van der Waals surface area contributed by atoms with Crippen LogP contribution in [0, 0.1) is 0 Å². The van der Waals surface area contributed by atoms with Crippen LogP contribution in [0.5, 0.6) is 0 Å². The molecule has 0 spiro atoms. The molecule has 25 heavy (non-hydrogen) atoms. The third-order valence-corrected chi connectivity index (χ3v) is 5.18. The summed E-state index contributed by atoms with van der Waals surface area (Å²) >= 11 is 5.96. The lowest BCUT2D eigenvalue weighted by molar-refractivity contribution is 0.499. The van der Waals surface area contributed by atoms with Gasteiger partial charge in [0.25, 0.3) is 0 Å². The van der Waals surface area contributed by atoms with Gasteiger partial charge in [-0.3, -0.25) is 0 Å². The van der Waals surface area contributed by atoms with Gasteiger partial charge in [-0.1, -0.05) is 23.7 Å². The Morgan fingerprint density at radius 3 is 2.60 bits per heavy atom. The van der Waals surface area contributed by atoms with Crippen LogP contribution in [-0.4, -0.2) is 33.7 Å². The van der Waals surface area contributed by atoms with Gasteiger partial charge >= 0.3 is 0 Å². The molecule has 0 saturated carbocycles. The molecule has 1 aromatic carbocycles. The zero-order chi connectivity index (χ0) is 17.2. The number of piperidine rings is 1. The van der Waals surface area contributed by atoms with E-state index in [2.05, 4.69) is 43.8 Å². The van der Waals surface area contributed by atoms with E-state index in [-0.39, 0.29) is 0 Å². The Balaban J connectivity index is 1.55. The van der Waals surface area contributed by atoms with Gasteiger partial charge in [-0.2, -0.15) is 0 Å². The predicted octanol–water partition coefficient (Wildman–Crippen LogP) is 3.25. The number of anilines is 1. The molecule has 2 aromatic heterocycles. The van der Waals surface area contributed by atoms with Gasteiger partial charge in [0.05, 0.1) is 5.39 Å². The van der Waals surface area contributed by atoms with E-state index in [0.717, 1.165) is 60.8 Å². The average Bonchev–Trinajstić information content (AvgIpc) is 3.05. The number of aryl methyl sites for hydroxylation is 2. The molecule has 1 fully saturated rings. The minimum Gasteiger partial charge on any atom is -0.356 e. The summed E-state index contributed by atoms with van der Waals surface area (Å²) in [6.45, 7) is 2.80. The molecule has 0 atom stereocenters. The van der Waals surface area contributed by atoms with Gasteiger partial charge in [0.2, 0.25) is 0 Å². The van der Waals surface area contributed by atoms with Crippen LogP contribution in [0.25, 0.3) is 11.0 Å². The highest BCUT2D eigenvalue weighted by Crippen LogP contribution is 2.26. The summed E-state index contributed by atoms with van der Waals surface area (Å²) in [4.78, 5) is 11.4. The summed E-state index contributed by atoms with van der Waals surface area (Å²) in [5.41, 5.74) is 8.29. The first-order chi connectivity index (χ1) is 12.2. The quantitative estimate of drug-likeness (QED) is 0.780. The van der Waals surface area contributed by atoms with E-state index in [9.17, 15) is 0 Å². The van der Waals surface area contributed by atoms with Crippen molar-refractivity contribution in [1.29, 1.82) is 0 Å². The van der Waals surface area contributed by atoms with Crippen molar-refractivity contribution in [3.05, 3.63) is 53.4 Å². The summed E-state index contributed by atoms with van der Waals surface area (Å²) in [7, 11) is 0. The van der Waals surface area contributed by atoms with Gasteiger partial charge in [0.15, 0.2) is 0 Å². The molecular weight excluding hydrogens is 334 g/mol. The molecule has 3 heterocycles. The molecule has 1 saturated heterocycles. The minimum atomic E-state index is 0.317. The Morgan fingerprint density at radius 1 is 1.08 bits per heavy atom. The summed E-state index contributed by atoms with van der Waals surface area (Å²) in [5, 5.41) is 1.89. The van der Waals surface area contributed by atoms with Crippen LogP contribution in [0.1, 0.15) is 18.4 Å². The number of hydrogen-bond donors (Lipinski definition) is 1. The number of halogens is 1. The maximum absolute atomic E-state index is 6.02. The number of rotatable bonds is 4. The maximum atomic E-state index is 6.02. The van der Waals surface area contributed by atoms with Gasteiger partial charge in [0, 0.05) is 36.9 Å². The third-order valence-electron chi connectivity index (χ3n) is 4.93. The maximum Gasteiger partial charge on any atom is 0.145 e. The Hall–Kier alpha value is -2.11. The van der Waals surface area contributed by atoms with Crippen LogP contribution >= 0.6 is 11.6 Å². The largest absolute Gasteiger partial charge is 0.356 e. The molecule has 6 heteroatoms. The Bertz CT molecular complexity index is 850. The Labute approximate surface area is 152 Å². The Kier molecular flexibility index (Phi) is 4.59. The minimum absolute atomic E-state index is 0.317. The highest BCUT2D eigenvalue weighted by molar-refractivity contribution is 6.30. The molecule has 130 valence electrons. The molecule has 0 amide bonds. The van der Waals surface area contributed by atoms with Gasteiger partial charge < -0.3 is 15.2 Å². The van der Waals surface area contributed by atoms with Crippen molar-refractivity contribution >= 4 is 28.5 Å². The van der Waals surface area contributed by atoms with Crippen LogP contribution in [0.2, 0.25) is 5.02 Å². The van der Waals surface area contributed by atoms with Crippen LogP contribution in [0.4, 0.5) is 5.82 Å². The monoisotopic (exact) mass is 355 g/mol. The van der Waals surface area contributed by atoms with E-state index in [1.807, 2.05) is 12.1 Å². The lowest BCUT2D eigenvalue weighted by atomic mass is 10.1. The first-order valence-corrected chi connectivity index (χ1v) is 9.13.